The molecule has 1 aromatic heterocycles. The number of nitrogens with zero attached hydrogens (tertiary/aromatic N) is 2. The van der Waals surface area contributed by atoms with E-state index in [2.05, 4.69) is 36.7 Å². The SMILES string of the molecule is O=C(NN=Cc1cc(Br)ccc1O)c1cc(-c2cccc(OCc3ccccc3)c2)n[nH]1. The number of aromatic nitrogens is 2. The van der Waals surface area contributed by atoms with Gasteiger partial charge in [0.25, 0.3) is 5.91 Å². The van der Waals surface area contributed by atoms with E-state index in [1.165, 1.54) is 12.3 Å². The Morgan fingerprint density at radius 3 is 2.78 bits per heavy atom. The summed E-state index contributed by atoms with van der Waals surface area (Å²) in [6.45, 7) is 0.462. The van der Waals surface area contributed by atoms with E-state index in [4.69, 9.17) is 4.74 Å². The van der Waals surface area contributed by atoms with Crippen LogP contribution in [0.1, 0.15) is 21.6 Å². The lowest BCUT2D eigenvalue weighted by Crippen LogP contribution is -2.18. The smallest absolute Gasteiger partial charge is 0.289 e. The number of amides is 1. The molecule has 1 heterocycles. The Bertz CT molecular complexity index is 1260. The van der Waals surface area contributed by atoms with Gasteiger partial charge in [0.1, 0.15) is 23.8 Å². The molecule has 0 radical (unpaired) electrons. The van der Waals surface area contributed by atoms with Crippen molar-refractivity contribution in [2.24, 2.45) is 5.10 Å². The average Bonchev–Trinajstić information content (AvgIpc) is 3.31. The summed E-state index contributed by atoms with van der Waals surface area (Å²) in [7, 11) is 0. The molecule has 32 heavy (non-hydrogen) atoms. The van der Waals surface area contributed by atoms with Crippen molar-refractivity contribution in [2.45, 2.75) is 6.61 Å². The first-order chi connectivity index (χ1) is 15.6. The van der Waals surface area contributed by atoms with Crippen LogP contribution >= 0.6 is 15.9 Å². The Kier molecular flexibility index (Phi) is 6.62. The number of phenolic OH excluding ortho intramolecular Hbond substituents is 1. The third kappa shape index (κ3) is 5.41. The Morgan fingerprint density at radius 1 is 1.09 bits per heavy atom. The predicted molar refractivity (Wildman–Crippen MR) is 126 cm³/mol. The molecule has 0 aliphatic carbocycles. The summed E-state index contributed by atoms with van der Waals surface area (Å²) >= 11 is 3.32. The van der Waals surface area contributed by atoms with E-state index in [9.17, 15) is 9.90 Å². The molecular weight excluding hydrogens is 472 g/mol. The Balaban J connectivity index is 1.40. The van der Waals surface area contributed by atoms with Gasteiger partial charge in [0.2, 0.25) is 0 Å². The fraction of sp³-hybridized carbons (Fsp3) is 0.0417. The molecule has 0 spiro atoms. The van der Waals surface area contributed by atoms with Crippen molar-refractivity contribution in [3.05, 3.63) is 100 Å². The number of benzene rings is 3. The number of ether oxygens (including phenoxy) is 1. The molecular formula is C24H19BrN4O3. The van der Waals surface area contributed by atoms with Crippen molar-refractivity contribution < 1.29 is 14.6 Å². The van der Waals surface area contributed by atoms with Crippen LogP contribution in [0.4, 0.5) is 0 Å². The average molecular weight is 491 g/mol. The molecule has 0 aliphatic heterocycles. The van der Waals surface area contributed by atoms with Crippen LogP contribution < -0.4 is 10.2 Å². The molecule has 0 saturated carbocycles. The fourth-order valence-electron chi connectivity index (χ4n) is 2.92. The number of aromatic hydroxyl groups is 1. The maximum Gasteiger partial charge on any atom is 0.289 e. The molecule has 0 atom stereocenters. The van der Waals surface area contributed by atoms with Crippen molar-refractivity contribution in [3.8, 4) is 22.8 Å². The minimum absolute atomic E-state index is 0.0596. The molecule has 4 rings (SSSR count). The molecule has 160 valence electrons. The first-order valence-electron chi connectivity index (χ1n) is 9.73. The van der Waals surface area contributed by atoms with Gasteiger partial charge in [-0.1, -0.05) is 58.4 Å². The van der Waals surface area contributed by atoms with Crippen molar-refractivity contribution in [2.75, 3.05) is 0 Å². The van der Waals surface area contributed by atoms with E-state index >= 15 is 0 Å². The maximum absolute atomic E-state index is 12.4. The highest BCUT2D eigenvalue weighted by atomic mass is 79.9. The van der Waals surface area contributed by atoms with E-state index < -0.39 is 5.91 Å². The van der Waals surface area contributed by atoms with E-state index in [1.54, 1.807) is 18.2 Å². The molecule has 0 saturated heterocycles. The van der Waals surface area contributed by atoms with Crippen molar-refractivity contribution in [1.29, 1.82) is 0 Å². The summed E-state index contributed by atoms with van der Waals surface area (Å²) in [4.78, 5) is 12.4. The Hall–Kier alpha value is -3.91. The summed E-state index contributed by atoms with van der Waals surface area (Å²) in [5, 5.41) is 20.7. The summed E-state index contributed by atoms with van der Waals surface area (Å²) in [6, 6.07) is 24.0. The van der Waals surface area contributed by atoms with Gasteiger partial charge >= 0.3 is 0 Å². The van der Waals surface area contributed by atoms with E-state index in [-0.39, 0.29) is 11.4 Å². The second-order valence-corrected chi connectivity index (χ2v) is 7.79. The monoisotopic (exact) mass is 490 g/mol. The highest BCUT2D eigenvalue weighted by molar-refractivity contribution is 9.10. The molecule has 0 bridgehead atoms. The zero-order valence-electron chi connectivity index (χ0n) is 16.8. The molecule has 4 aromatic rings. The number of H-pyrrole nitrogens is 1. The third-order valence-corrected chi connectivity index (χ3v) is 5.05. The summed E-state index contributed by atoms with van der Waals surface area (Å²) in [5.74, 6) is 0.314. The zero-order chi connectivity index (χ0) is 22.3. The predicted octanol–water partition coefficient (Wildman–Crippen LogP) is 4.89. The topological polar surface area (TPSA) is 99.6 Å². The van der Waals surface area contributed by atoms with Gasteiger partial charge in [-0.2, -0.15) is 10.2 Å². The minimum Gasteiger partial charge on any atom is -0.507 e. The summed E-state index contributed by atoms with van der Waals surface area (Å²) < 4.78 is 6.65. The Labute approximate surface area is 192 Å². The minimum atomic E-state index is -0.453. The summed E-state index contributed by atoms with van der Waals surface area (Å²) in [5.41, 5.74) is 5.64. The number of phenols is 1. The van der Waals surface area contributed by atoms with Crippen LogP contribution in [0.3, 0.4) is 0 Å². The van der Waals surface area contributed by atoms with Gasteiger partial charge in [-0.15, -0.1) is 0 Å². The molecule has 8 heteroatoms. The number of hydrogen-bond acceptors (Lipinski definition) is 5. The van der Waals surface area contributed by atoms with E-state index in [0.717, 1.165) is 15.6 Å². The quantitative estimate of drug-likeness (QED) is 0.253. The first-order valence-corrected chi connectivity index (χ1v) is 10.5. The lowest BCUT2D eigenvalue weighted by molar-refractivity contribution is 0.0950. The highest BCUT2D eigenvalue weighted by Crippen LogP contribution is 2.24. The number of nitrogens with one attached hydrogen (secondary N) is 2. The van der Waals surface area contributed by atoms with Gasteiger partial charge in [-0.25, -0.2) is 5.43 Å². The van der Waals surface area contributed by atoms with Gasteiger partial charge in [-0.3, -0.25) is 9.89 Å². The normalized spacial score (nSPS) is 10.9. The molecule has 1 amide bonds. The Morgan fingerprint density at radius 2 is 1.94 bits per heavy atom. The molecule has 3 aromatic carbocycles. The second-order valence-electron chi connectivity index (χ2n) is 6.87. The van der Waals surface area contributed by atoms with Crippen LogP contribution in [0.25, 0.3) is 11.3 Å². The standard InChI is InChI=1S/C24H19BrN4O3/c25-19-9-10-23(30)18(11-19)14-26-29-24(31)22-13-21(27-28-22)17-7-4-8-20(12-17)32-15-16-5-2-1-3-6-16/h1-14,30H,15H2,(H,27,28)(H,29,31). The number of halogens is 1. The molecule has 0 aliphatic rings. The number of hydrogen-bond donors (Lipinski definition) is 3. The third-order valence-electron chi connectivity index (χ3n) is 4.56. The van der Waals surface area contributed by atoms with Gasteiger partial charge in [0.15, 0.2) is 0 Å². The number of hydrazone groups is 1. The first kappa shape index (κ1) is 21.3. The number of carbonyl (C=O) groups is 1. The fourth-order valence-corrected chi connectivity index (χ4v) is 3.30. The number of aromatic amines is 1. The van der Waals surface area contributed by atoms with Crippen LogP contribution in [0, 0.1) is 0 Å². The van der Waals surface area contributed by atoms with E-state index in [0.29, 0.717) is 23.6 Å². The second kappa shape index (κ2) is 9.93. The van der Waals surface area contributed by atoms with Crippen LogP contribution in [0.5, 0.6) is 11.5 Å². The van der Waals surface area contributed by atoms with Crippen molar-refractivity contribution in [1.82, 2.24) is 15.6 Å². The molecule has 0 fully saturated rings. The van der Waals surface area contributed by atoms with E-state index in [1.807, 2.05) is 54.6 Å². The lowest BCUT2D eigenvalue weighted by atomic mass is 10.1. The van der Waals surface area contributed by atoms with Gasteiger partial charge < -0.3 is 9.84 Å². The number of rotatable bonds is 7. The molecule has 3 N–H and O–H groups in total. The number of carbonyl (C=O) groups excluding carboxylic acids is 1. The van der Waals surface area contributed by atoms with Crippen molar-refractivity contribution in [3.63, 3.8) is 0 Å². The molecule has 7 nitrogen and oxygen atoms in total. The van der Waals surface area contributed by atoms with Crippen LogP contribution in [0.15, 0.2) is 88.4 Å². The zero-order valence-corrected chi connectivity index (χ0v) is 18.4. The van der Waals surface area contributed by atoms with Crippen molar-refractivity contribution >= 4 is 28.1 Å². The van der Waals surface area contributed by atoms with Crippen LogP contribution in [-0.2, 0) is 6.61 Å². The highest BCUT2D eigenvalue weighted by Gasteiger charge is 2.11. The van der Waals surface area contributed by atoms with Gasteiger partial charge in [-0.05, 0) is 42.0 Å². The largest absolute Gasteiger partial charge is 0.507 e. The van der Waals surface area contributed by atoms with Crippen LogP contribution in [0.2, 0.25) is 0 Å². The van der Waals surface area contributed by atoms with Crippen LogP contribution in [-0.4, -0.2) is 27.4 Å². The lowest BCUT2D eigenvalue weighted by Gasteiger charge is -2.07. The molecule has 0 unspecified atom stereocenters. The summed E-state index contributed by atoms with van der Waals surface area (Å²) in [6.07, 6.45) is 1.36. The maximum atomic E-state index is 12.4. The van der Waals surface area contributed by atoms with Gasteiger partial charge in [0.05, 0.1) is 11.9 Å². The van der Waals surface area contributed by atoms with Gasteiger partial charge in [0, 0.05) is 15.6 Å².